The minimum absolute atomic E-state index is 0.0118. The molecule has 0 bridgehead atoms. The summed E-state index contributed by atoms with van der Waals surface area (Å²) in [4.78, 5) is 26.5. The van der Waals surface area contributed by atoms with Gasteiger partial charge in [-0.25, -0.2) is 15.0 Å². The predicted molar refractivity (Wildman–Crippen MR) is 152 cm³/mol. The van der Waals surface area contributed by atoms with E-state index in [0.717, 1.165) is 27.7 Å². The largest absolute Gasteiger partial charge is 0.438 e. The Hall–Kier alpha value is -6.10. The maximum Gasteiger partial charge on any atom is 0.325 e. The normalized spacial score (nSPS) is 10.7. The number of anilines is 1. The second-order valence-electron chi connectivity index (χ2n) is 8.70. The number of fused-ring (bicyclic) bond motifs is 2. The van der Waals surface area contributed by atoms with Crippen LogP contribution >= 0.6 is 0 Å². The van der Waals surface area contributed by atoms with Crippen molar-refractivity contribution in [1.29, 1.82) is 0 Å². The third kappa shape index (κ3) is 5.54. The van der Waals surface area contributed by atoms with E-state index >= 15 is 0 Å². The molecule has 7 aromatic rings. The summed E-state index contributed by atoms with van der Waals surface area (Å²) < 4.78 is 16.9. The summed E-state index contributed by atoms with van der Waals surface area (Å²) in [6.45, 7) is 0. The SMILES string of the molecule is Nc1ncnc2oc(-c3ccccc3)cc12.O=[N+]([O-])c1ccc(Oc2ncc3cc(-c4ccccc4)oc3n2)cc1. The van der Waals surface area contributed by atoms with Gasteiger partial charge in [0.25, 0.3) is 5.69 Å². The van der Waals surface area contributed by atoms with E-state index in [2.05, 4.69) is 19.9 Å². The number of ether oxygens (including phenoxy) is 1. The molecule has 0 aliphatic rings. The van der Waals surface area contributed by atoms with Gasteiger partial charge >= 0.3 is 6.01 Å². The first-order chi connectivity index (χ1) is 20.0. The smallest absolute Gasteiger partial charge is 0.325 e. The topological polar surface area (TPSA) is 156 Å². The van der Waals surface area contributed by atoms with Crippen molar-refractivity contribution in [3.8, 4) is 34.4 Å². The van der Waals surface area contributed by atoms with Crippen LogP contribution in [0.3, 0.4) is 0 Å². The van der Waals surface area contributed by atoms with Crippen LogP contribution in [-0.4, -0.2) is 24.9 Å². The van der Waals surface area contributed by atoms with E-state index < -0.39 is 4.92 Å². The summed E-state index contributed by atoms with van der Waals surface area (Å²) in [6, 6.07) is 29.0. The highest BCUT2D eigenvalue weighted by atomic mass is 16.6. The lowest BCUT2D eigenvalue weighted by Crippen LogP contribution is -1.92. The van der Waals surface area contributed by atoms with Crippen molar-refractivity contribution in [1.82, 2.24) is 19.9 Å². The number of nitro benzene ring substituents is 1. The van der Waals surface area contributed by atoms with Gasteiger partial charge in [-0.05, 0) is 24.3 Å². The van der Waals surface area contributed by atoms with Crippen molar-refractivity contribution in [2.24, 2.45) is 0 Å². The highest BCUT2D eigenvalue weighted by Gasteiger charge is 2.12. The van der Waals surface area contributed by atoms with Gasteiger partial charge in [0.1, 0.15) is 29.4 Å². The fraction of sp³-hybridized carbons (Fsp3) is 0. The molecule has 0 radical (unpaired) electrons. The van der Waals surface area contributed by atoms with Crippen molar-refractivity contribution in [3.05, 3.63) is 120 Å². The number of furan rings is 2. The number of nitrogen functional groups attached to an aromatic ring is 1. The number of nitro groups is 1. The van der Waals surface area contributed by atoms with Crippen LogP contribution < -0.4 is 10.5 Å². The average molecular weight is 545 g/mol. The minimum Gasteiger partial charge on any atom is -0.438 e. The van der Waals surface area contributed by atoms with Crippen molar-refractivity contribution < 1.29 is 18.5 Å². The average Bonchev–Trinajstić information content (AvgIpc) is 3.64. The minimum atomic E-state index is -0.472. The Kier molecular flexibility index (Phi) is 6.73. The highest BCUT2D eigenvalue weighted by molar-refractivity contribution is 5.88. The van der Waals surface area contributed by atoms with Gasteiger partial charge in [-0.2, -0.15) is 4.98 Å². The summed E-state index contributed by atoms with van der Waals surface area (Å²) in [5, 5.41) is 12.2. The summed E-state index contributed by atoms with van der Waals surface area (Å²) in [7, 11) is 0. The van der Waals surface area contributed by atoms with Crippen LogP contribution in [0.25, 0.3) is 44.8 Å². The molecule has 11 heteroatoms. The molecule has 41 heavy (non-hydrogen) atoms. The second kappa shape index (κ2) is 10.9. The van der Waals surface area contributed by atoms with Gasteiger partial charge < -0.3 is 19.3 Å². The van der Waals surface area contributed by atoms with Crippen molar-refractivity contribution in [2.75, 3.05) is 5.73 Å². The quantitative estimate of drug-likeness (QED) is 0.176. The number of aromatic nitrogens is 4. The number of non-ortho nitro benzene ring substituents is 1. The lowest BCUT2D eigenvalue weighted by Gasteiger charge is -2.02. The van der Waals surface area contributed by atoms with Crippen molar-refractivity contribution in [2.45, 2.75) is 0 Å². The summed E-state index contributed by atoms with van der Waals surface area (Å²) in [6.07, 6.45) is 3.01. The van der Waals surface area contributed by atoms with Gasteiger partial charge in [0.05, 0.1) is 15.7 Å². The molecule has 0 fully saturated rings. The van der Waals surface area contributed by atoms with Gasteiger partial charge in [-0.15, -0.1) is 0 Å². The zero-order chi connectivity index (χ0) is 28.2. The second-order valence-corrected chi connectivity index (χ2v) is 8.70. The lowest BCUT2D eigenvalue weighted by atomic mass is 10.2. The zero-order valence-electron chi connectivity index (χ0n) is 21.2. The molecule has 11 nitrogen and oxygen atoms in total. The fourth-order valence-electron chi connectivity index (χ4n) is 3.97. The molecular weight excluding hydrogens is 524 g/mol. The molecule has 0 aliphatic heterocycles. The Bertz CT molecular complexity index is 1960. The van der Waals surface area contributed by atoms with Gasteiger partial charge in [-0.3, -0.25) is 10.1 Å². The summed E-state index contributed by atoms with van der Waals surface area (Å²) >= 11 is 0. The van der Waals surface area contributed by atoms with E-state index in [1.807, 2.05) is 72.8 Å². The van der Waals surface area contributed by atoms with Crippen LogP contribution in [-0.2, 0) is 0 Å². The molecule has 0 saturated carbocycles. The van der Waals surface area contributed by atoms with Crippen LogP contribution in [0.5, 0.6) is 11.8 Å². The maximum absolute atomic E-state index is 10.7. The van der Waals surface area contributed by atoms with E-state index in [1.54, 1.807) is 6.20 Å². The summed E-state index contributed by atoms with van der Waals surface area (Å²) in [5.41, 5.74) is 8.60. The molecule has 0 unspecified atom stereocenters. The molecule has 0 spiro atoms. The fourth-order valence-corrected chi connectivity index (χ4v) is 3.97. The van der Waals surface area contributed by atoms with E-state index in [0.29, 0.717) is 28.8 Å². The standard InChI is InChI=1S/C18H11N3O4.C12H9N3O/c22-21(23)14-6-8-15(9-7-14)24-18-19-11-13-10-16(25-17(13)20-18)12-4-2-1-3-5-12;13-11-9-6-10(8-4-2-1-3-5-8)16-12(9)15-7-14-11/h1-11H;1-7H,(H2,13,14,15). The highest BCUT2D eigenvalue weighted by Crippen LogP contribution is 2.29. The first-order valence-corrected chi connectivity index (χ1v) is 12.3. The number of nitrogens with zero attached hydrogens (tertiary/aromatic N) is 5. The third-order valence-electron chi connectivity index (χ3n) is 5.98. The van der Waals surface area contributed by atoms with E-state index in [1.165, 1.54) is 30.6 Å². The Labute approximate surface area is 232 Å². The number of hydrogen-bond acceptors (Lipinski definition) is 10. The van der Waals surface area contributed by atoms with Crippen LogP contribution in [0.15, 0.2) is 118 Å². The van der Waals surface area contributed by atoms with Gasteiger partial charge in [-0.1, -0.05) is 60.7 Å². The van der Waals surface area contributed by atoms with Gasteiger partial charge in [0.2, 0.25) is 11.4 Å². The predicted octanol–water partition coefficient (Wildman–Crippen LogP) is 7.06. The number of rotatable bonds is 5. The zero-order valence-corrected chi connectivity index (χ0v) is 21.2. The number of hydrogen-bond donors (Lipinski definition) is 1. The van der Waals surface area contributed by atoms with Crippen LogP contribution in [0.1, 0.15) is 0 Å². The van der Waals surface area contributed by atoms with Crippen LogP contribution in [0, 0.1) is 10.1 Å². The lowest BCUT2D eigenvalue weighted by molar-refractivity contribution is -0.384. The first-order valence-electron chi connectivity index (χ1n) is 12.3. The third-order valence-corrected chi connectivity index (χ3v) is 5.98. The molecule has 4 heterocycles. The Morgan fingerprint density at radius 1 is 0.756 bits per heavy atom. The Balaban J connectivity index is 0.000000162. The molecule has 0 saturated heterocycles. The number of nitrogens with two attached hydrogens (primary N) is 1. The Morgan fingerprint density at radius 3 is 2.02 bits per heavy atom. The molecule has 3 aromatic carbocycles. The molecule has 0 aliphatic carbocycles. The van der Waals surface area contributed by atoms with Crippen LogP contribution in [0.4, 0.5) is 11.5 Å². The van der Waals surface area contributed by atoms with Crippen molar-refractivity contribution >= 4 is 33.7 Å². The molecule has 2 N–H and O–H groups in total. The molecule has 0 amide bonds. The van der Waals surface area contributed by atoms with E-state index in [9.17, 15) is 10.1 Å². The van der Waals surface area contributed by atoms with Crippen molar-refractivity contribution in [3.63, 3.8) is 0 Å². The first kappa shape index (κ1) is 25.2. The molecular formula is C30H20N6O5. The van der Waals surface area contributed by atoms with Gasteiger partial charge in [0.15, 0.2) is 0 Å². The summed E-state index contributed by atoms with van der Waals surface area (Å²) in [5.74, 6) is 2.29. The van der Waals surface area contributed by atoms with E-state index in [-0.39, 0.29) is 11.7 Å². The molecule has 4 aromatic heterocycles. The van der Waals surface area contributed by atoms with Gasteiger partial charge in [0, 0.05) is 29.5 Å². The Morgan fingerprint density at radius 2 is 1.39 bits per heavy atom. The monoisotopic (exact) mass is 544 g/mol. The molecule has 7 rings (SSSR count). The maximum atomic E-state index is 10.7. The molecule has 200 valence electrons. The molecule has 0 atom stereocenters. The van der Waals surface area contributed by atoms with Crippen LogP contribution in [0.2, 0.25) is 0 Å². The van der Waals surface area contributed by atoms with E-state index in [4.69, 9.17) is 19.3 Å². The number of benzene rings is 3.